The summed E-state index contributed by atoms with van der Waals surface area (Å²) in [6.45, 7) is 1.19. The number of likely N-dealkylation sites (N-methyl/N-ethyl adjacent to an activating group) is 1. The highest BCUT2D eigenvalue weighted by Crippen LogP contribution is 2.18. The highest BCUT2D eigenvalue weighted by atomic mass is 19.1. The van der Waals surface area contributed by atoms with Gasteiger partial charge in [-0.3, -0.25) is 9.69 Å². The molecule has 0 saturated carbocycles. The fourth-order valence-corrected chi connectivity index (χ4v) is 1.76. The molecule has 1 saturated heterocycles. The smallest absolute Gasteiger partial charge is 0.231 e. The predicted octanol–water partition coefficient (Wildman–Crippen LogP) is -0.896. The Bertz CT molecular complexity index is 188. The number of amides is 1. The number of primary amides is 1. The number of carbonyl (C=O) groups excluding carboxylic acids is 1. The number of nitrogens with zero attached hydrogens (tertiary/aromatic N) is 1. The lowest BCUT2D eigenvalue weighted by Gasteiger charge is -2.21. The van der Waals surface area contributed by atoms with Crippen LogP contribution < -0.4 is 11.1 Å². The molecule has 13 heavy (non-hydrogen) atoms. The molecule has 0 aromatic rings. The second-order valence-electron chi connectivity index (χ2n) is 3.44. The van der Waals surface area contributed by atoms with E-state index in [1.807, 2.05) is 7.05 Å². The number of likely N-dealkylation sites (tertiary alicyclic amines) is 1. The molecule has 0 radical (unpaired) electrons. The highest BCUT2D eigenvalue weighted by molar-refractivity contribution is 5.76. The lowest BCUT2D eigenvalue weighted by Crippen LogP contribution is -2.41. The summed E-state index contributed by atoms with van der Waals surface area (Å²) < 4.78 is 13.0. The maximum atomic E-state index is 13.0. The summed E-state index contributed by atoms with van der Waals surface area (Å²) in [5, 5.41) is 2.97. The van der Waals surface area contributed by atoms with Gasteiger partial charge >= 0.3 is 0 Å². The van der Waals surface area contributed by atoms with Crippen molar-refractivity contribution >= 4 is 5.91 Å². The van der Waals surface area contributed by atoms with E-state index in [9.17, 15) is 9.18 Å². The number of hydrogen-bond donors (Lipinski definition) is 2. The minimum absolute atomic E-state index is 0.104. The average Bonchev–Trinajstić information content (AvgIpc) is 2.31. The Morgan fingerprint density at radius 1 is 1.77 bits per heavy atom. The van der Waals surface area contributed by atoms with E-state index >= 15 is 0 Å². The molecule has 0 aromatic carbocycles. The van der Waals surface area contributed by atoms with E-state index in [4.69, 9.17) is 5.73 Å². The summed E-state index contributed by atoms with van der Waals surface area (Å²) in [6, 6.07) is 0.104. The molecule has 5 heteroatoms. The zero-order valence-corrected chi connectivity index (χ0v) is 7.79. The van der Waals surface area contributed by atoms with Gasteiger partial charge in [0, 0.05) is 19.1 Å². The van der Waals surface area contributed by atoms with E-state index in [1.54, 1.807) is 4.90 Å². The van der Waals surface area contributed by atoms with E-state index in [1.165, 1.54) is 0 Å². The Balaban J connectivity index is 2.45. The molecule has 4 nitrogen and oxygen atoms in total. The van der Waals surface area contributed by atoms with Crippen LogP contribution in [0.2, 0.25) is 0 Å². The zero-order chi connectivity index (χ0) is 9.84. The molecule has 0 spiro atoms. The second kappa shape index (κ2) is 4.53. The van der Waals surface area contributed by atoms with Gasteiger partial charge in [-0.25, -0.2) is 4.39 Å². The van der Waals surface area contributed by atoms with Gasteiger partial charge < -0.3 is 11.1 Å². The number of hydrogen-bond acceptors (Lipinski definition) is 3. The van der Waals surface area contributed by atoms with Crippen molar-refractivity contribution in [1.82, 2.24) is 10.2 Å². The van der Waals surface area contributed by atoms with E-state index in [2.05, 4.69) is 5.32 Å². The molecule has 3 N–H and O–H groups in total. The van der Waals surface area contributed by atoms with Gasteiger partial charge in [0.15, 0.2) is 0 Å². The Morgan fingerprint density at radius 3 is 3.00 bits per heavy atom. The zero-order valence-electron chi connectivity index (χ0n) is 7.79. The fraction of sp³-hybridized carbons (Fsp3) is 0.875. The summed E-state index contributed by atoms with van der Waals surface area (Å²) in [4.78, 5) is 12.4. The summed E-state index contributed by atoms with van der Waals surface area (Å²) >= 11 is 0. The fourth-order valence-electron chi connectivity index (χ4n) is 1.76. The lowest BCUT2D eigenvalue weighted by atomic mass is 10.2. The van der Waals surface area contributed by atoms with Gasteiger partial charge in [-0.15, -0.1) is 0 Å². The molecular weight excluding hydrogens is 173 g/mol. The van der Waals surface area contributed by atoms with Crippen LogP contribution in [0.5, 0.6) is 0 Å². The first-order chi connectivity index (χ1) is 6.13. The molecule has 76 valence electrons. The number of nitrogens with one attached hydrogen (secondary N) is 1. The Morgan fingerprint density at radius 2 is 2.46 bits per heavy atom. The van der Waals surface area contributed by atoms with E-state index in [-0.39, 0.29) is 12.6 Å². The molecule has 1 heterocycles. The first-order valence-corrected chi connectivity index (χ1v) is 4.44. The second-order valence-corrected chi connectivity index (χ2v) is 3.44. The maximum Gasteiger partial charge on any atom is 0.231 e. The van der Waals surface area contributed by atoms with Gasteiger partial charge in [0.1, 0.15) is 6.17 Å². The Labute approximate surface area is 77.3 Å². The molecule has 1 aliphatic rings. The number of halogens is 1. The van der Waals surface area contributed by atoms with E-state index in [0.717, 1.165) is 0 Å². The summed E-state index contributed by atoms with van der Waals surface area (Å²) in [5.41, 5.74) is 5.05. The third kappa shape index (κ3) is 2.93. The SMILES string of the molecule is CNCC1CC(F)CN1CC(N)=O. The van der Waals surface area contributed by atoms with E-state index in [0.29, 0.717) is 19.5 Å². The minimum atomic E-state index is -0.822. The topological polar surface area (TPSA) is 58.4 Å². The summed E-state index contributed by atoms with van der Waals surface area (Å²) in [7, 11) is 1.81. The number of alkyl halides is 1. The number of nitrogens with two attached hydrogens (primary N) is 1. The van der Waals surface area contributed by atoms with Crippen molar-refractivity contribution in [1.29, 1.82) is 0 Å². The molecule has 2 atom stereocenters. The monoisotopic (exact) mass is 189 g/mol. The van der Waals surface area contributed by atoms with Crippen LogP contribution in [0.4, 0.5) is 4.39 Å². The normalized spacial score (nSPS) is 29.4. The van der Waals surface area contributed by atoms with Crippen LogP contribution in [0.25, 0.3) is 0 Å². The van der Waals surface area contributed by atoms with Crippen LogP contribution in [0.1, 0.15) is 6.42 Å². The molecule has 0 bridgehead atoms. The highest BCUT2D eigenvalue weighted by Gasteiger charge is 2.31. The van der Waals surface area contributed by atoms with Crippen molar-refractivity contribution in [3.63, 3.8) is 0 Å². The molecule has 1 amide bonds. The molecule has 2 unspecified atom stereocenters. The van der Waals surface area contributed by atoms with Gasteiger partial charge in [-0.2, -0.15) is 0 Å². The average molecular weight is 189 g/mol. The Hall–Kier alpha value is -0.680. The first-order valence-electron chi connectivity index (χ1n) is 4.44. The molecular formula is C8H16FN3O. The van der Waals surface area contributed by atoms with Crippen LogP contribution in [0.15, 0.2) is 0 Å². The molecule has 0 aliphatic carbocycles. The standard InChI is InChI=1S/C8H16FN3O/c1-11-3-7-2-6(9)4-12(7)5-8(10)13/h6-7,11H,2-5H2,1H3,(H2,10,13). The minimum Gasteiger partial charge on any atom is -0.369 e. The van der Waals surface area contributed by atoms with Crippen molar-refractivity contribution in [2.24, 2.45) is 5.73 Å². The summed E-state index contributed by atoms with van der Waals surface area (Å²) in [6.07, 6.45) is -0.327. The first kappa shape index (κ1) is 10.4. The summed E-state index contributed by atoms with van der Waals surface area (Å²) in [5.74, 6) is -0.393. The molecule has 1 rings (SSSR count). The van der Waals surface area contributed by atoms with Crippen molar-refractivity contribution in [3.8, 4) is 0 Å². The van der Waals surface area contributed by atoms with Gasteiger partial charge in [0.2, 0.25) is 5.91 Å². The predicted molar refractivity (Wildman–Crippen MR) is 48.0 cm³/mol. The van der Waals surface area contributed by atoms with Gasteiger partial charge in [0.25, 0.3) is 0 Å². The van der Waals surface area contributed by atoms with Crippen LogP contribution in [-0.4, -0.2) is 49.7 Å². The third-order valence-electron chi connectivity index (χ3n) is 2.28. The maximum absolute atomic E-state index is 13.0. The van der Waals surface area contributed by atoms with Crippen LogP contribution in [-0.2, 0) is 4.79 Å². The molecule has 0 aromatic heterocycles. The van der Waals surface area contributed by atoms with E-state index < -0.39 is 12.1 Å². The largest absolute Gasteiger partial charge is 0.369 e. The third-order valence-corrected chi connectivity index (χ3v) is 2.28. The van der Waals surface area contributed by atoms with Crippen molar-refractivity contribution in [2.45, 2.75) is 18.6 Å². The molecule has 1 aliphatic heterocycles. The van der Waals surface area contributed by atoms with Gasteiger partial charge in [-0.05, 0) is 13.5 Å². The van der Waals surface area contributed by atoms with Gasteiger partial charge in [-0.1, -0.05) is 0 Å². The number of rotatable bonds is 4. The quantitative estimate of drug-likeness (QED) is 0.603. The Kier molecular flexibility index (Phi) is 3.62. The van der Waals surface area contributed by atoms with Crippen LogP contribution >= 0.6 is 0 Å². The van der Waals surface area contributed by atoms with Crippen molar-refractivity contribution < 1.29 is 9.18 Å². The number of carbonyl (C=O) groups is 1. The van der Waals surface area contributed by atoms with Crippen LogP contribution in [0, 0.1) is 0 Å². The van der Waals surface area contributed by atoms with Crippen molar-refractivity contribution in [3.05, 3.63) is 0 Å². The van der Waals surface area contributed by atoms with Crippen molar-refractivity contribution in [2.75, 3.05) is 26.7 Å². The van der Waals surface area contributed by atoms with Crippen LogP contribution in [0.3, 0.4) is 0 Å². The lowest BCUT2D eigenvalue weighted by molar-refractivity contribution is -0.119. The van der Waals surface area contributed by atoms with Gasteiger partial charge in [0.05, 0.1) is 6.54 Å². The molecule has 1 fully saturated rings.